The molecule has 0 aliphatic carbocycles. The molecule has 2 amide bonds. The molecule has 0 saturated heterocycles. The van der Waals surface area contributed by atoms with Crippen molar-refractivity contribution in [2.45, 2.75) is 25.8 Å². The standard InChI is InChI=1S/C23H24FN3O3/c1-2-30-22(28)20-18(25-23(29)26-21(20)15-7-4-3-5-8-15)14-27-12-6-9-16-13-17(24)10-11-19(16)27/h3-5,7-8,10-11,13,21H,2,6,9,12,14H2,1H3,(H2,25,26,29). The Morgan fingerprint density at radius 1 is 1.23 bits per heavy atom. The first kappa shape index (κ1) is 19.9. The number of nitrogens with one attached hydrogen (secondary N) is 2. The zero-order valence-electron chi connectivity index (χ0n) is 16.8. The summed E-state index contributed by atoms with van der Waals surface area (Å²) in [6.45, 7) is 3.05. The highest BCUT2D eigenvalue weighted by Gasteiger charge is 2.34. The molecule has 0 radical (unpaired) electrons. The smallest absolute Gasteiger partial charge is 0.338 e. The van der Waals surface area contributed by atoms with Gasteiger partial charge in [-0.25, -0.2) is 14.0 Å². The van der Waals surface area contributed by atoms with E-state index in [1.807, 2.05) is 30.3 Å². The zero-order valence-corrected chi connectivity index (χ0v) is 16.8. The number of anilines is 1. The van der Waals surface area contributed by atoms with Crippen molar-refractivity contribution >= 4 is 17.7 Å². The maximum atomic E-state index is 13.7. The molecule has 156 valence electrons. The molecule has 2 heterocycles. The molecule has 0 fully saturated rings. The summed E-state index contributed by atoms with van der Waals surface area (Å²) in [5.74, 6) is -0.730. The summed E-state index contributed by atoms with van der Waals surface area (Å²) in [4.78, 5) is 27.4. The number of carbonyl (C=O) groups is 2. The lowest BCUT2D eigenvalue weighted by Gasteiger charge is -2.35. The summed E-state index contributed by atoms with van der Waals surface area (Å²) < 4.78 is 19.0. The Bertz CT molecular complexity index is 990. The normalized spacial score (nSPS) is 18.4. The second-order valence-electron chi connectivity index (χ2n) is 7.35. The second kappa shape index (κ2) is 8.57. The van der Waals surface area contributed by atoms with Crippen LogP contribution in [0, 0.1) is 5.82 Å². The van der Waals surface area contributed by atoms with Gasteiger partial charge in [-0.3, -0.25) is 0 Å². The molecule has 2 aliphatic rings. The fourth-order valence-corrected chi connectivity index (χ4v) is 4.09. The van der Waals surface area contributed by atoms with Gasteiger partial charge in [-0.15, -0.1) is 0 Å². The van der Waals surface area contributed by atoms with E-state index < -0.39 is 12.0 Å². The van der Waals surface area contributed by atoms with Crippen LogP contribution in [0.5, 0.6) is 0 Å². The first-order valence-corrected chi connectivity index (χ1v) is 10.1. The van der Waals surface area contributed by atoms with Crippen LogP contribution in [0.15, 0.2) is 59.8 Å². The summed E-state index contributed by atoms with van der Waals surface area (Å²) in [6.07, 6.45) is 1.67. The molecule has 2 aromatic carbocycles. The minimum Gasteiger partial charge on any atom is -0.463 e. The van der Waals surface area contributed by atoms with Crippen molar-refractivity contribution in [2.24, 2.45) is 0 Å². The number of halogens is 1. The number of esters is 1. The molecule has 2 aromatic rings. The lowest BCUT2D eigenvalue weighted by Crippen LogP contribution is -2.49. The predicted octanol–water partition coefficient (Wildman–Crippen LogP) is 3.45. The molecular weight excluding hydrogens is 385 g/mol. The number of amides is 2. The lowest BCUT2D eigenvalue weighted by molar-refractivity contribution is -0.139. The van der Waals surface area contributed by atoms with Crippen molar-refractivity contribution in [1.29, 1.82) is 0 Å². The Labute approximate surface area is 174 Å². The predicted molar refractivity (Wildman–Crippen MR) is 111 cm³/mol. The third-order valence-corrected chi connectivity index (χ3v) is 5.39. The third kappa shape index (κ3) is 4.01. The van der Waals surface area contributed by atoms with E-state index >= 15 is 0 Å². The van der Waals surface area contributed by atoms with Crippen LogP contribution in [0.1, 0.15) is 30.5 Å². The molecule has 2 aliphatic heterocycles. The van der Waals surface area contributed by atoms with E-state index in [0.29, 0.717) is 17.8 Å². The van der Waals surface area contributed by atoms with Gasteiger partial charge in [0.25, 0.3) is 0 Å². The molecule has 0 spiro atoms. The van der Waals surface area contributed by atoms with Crippen LogP contribution in [-0.2, 0) is 16.0 Å². The highest BCUT2D eigenvalue weighted by Crippen LogP contribution is 2.32. The first-order chi connectivity index (χ1) is 14.6. The monoisotopic (exact) mass is 409 g/mol. The van der Waals surface area contributed by atoms with Crippen LogP contribution in [0.3, 0.4) is 0 Å². The van der Waals surface area contributed by atoms with Gasteiger partial charge in [0.15, 0.2) is 0 Å². The first-order valence-electron chi connectivity index (χ1n) is 10.1. The van der Waals surface area contributed by atoms with Gasteiger partial charge in [0.2, 0.25) is 0 Å². The molecule has 30 heavy (non-hydrogen) atoms. The highest BCUT2D eigenvalue weighted by molar-refractivity contribution is 5.95. The Balaban J connectivity index is 1.74. The topological polar surface area (TPSA) is 70.7 Å². The quantitative estimate of drug-likeness (QED) is 0.742. The second-order valence-corrected chi connectivity index (χ2v) is 7.35. The highest BCUT2D eigenvalue weighted by atomic mass is 19.1. The molecular formula is C23H24FN3O3. The van der Waals surface area contributed by atoms with Crippen molar-refractivity contribution < 1.29 is 18.7 Å². The van der Waals surface area contributed by atoms with Gasteiger partial charge in [0, 0.05) is 12.2 Å². The van der Waals surface area contributed by atoms with E-state index in [2.05, 4.69) is 15.5 Å². The lowest BCUT2D eigenvalue weighted by atomic mass is 9.94. The van der Waals surface area contributed by atoms with Gasteiger partial charge < -0.3 is 20.3 Å². The number of aryl methyl sites for hydroxylation is 1. The van der Waals surface area contributed by atoms with Crippen molar-refractivity contribution in [1.82, 2.24) is 10.6 Å². The molecule has 0 aromatic heterocycles. The van der Waals surface area contributed by atoms with Crippen LogP contribution in [0.4, 0.5) is 14.9 Å². The number of benzene rings is 2. The molecule has 0 bridgehead atoms. The minimum atomic E-state index is -0.605. The summed E-state index contributed by atoms with van der Waals surface area (Å²) in [7, 11) is 0. The number of urea groups is 1. The Hall–Kier alpha value is -3.35. The third-order valence-electron chi connectivity index (χ3n) is 5.39. The number of hydrogen-bond donors (Lipinski definition) is 2. The number of hydrogen-bond acceptors (Lipinski definition) is 4. The van der Waals surface area contributed by atoms with Crippen molar-refractivity contribution in [3.05, 3.63) is 76.7 Å². The summed E-state index contributed by atoms with van der Waals surface area (Å²) >= 11 is 0. The van der Waals surface area contributed by atoms with E-state index in [4.69, 9.17) is 4.74 Å². The minimum absolute atomic E-state index is 0.233. The van der Waals surface area contributed by atoms with E-state index in [0.717, 1.165) is 36.2 Å². The van der Waals surface area contributed by atoms with Crippen LogP contribution in [-0.4, -0.2) is 31.7 Å². The van der Waals surface area contributed by atoms with Gasteiger partial charge in [-0.05, 0) is 49.1 Å². The van der Waals surface area contributed by atoms with E-state index in [1.165, 1.54) is 6.07 Å². The summed E-state index contributed by atoms with van der Waals surface area (Å²) in [6, 6.07) is 13.1. The molecule has 0 saturated carbocycles. The summed E-state index contributed by atoms with van der Waals surface area (Å²) in [5, 5.41) is 5.65. The largest absolute Gasteiger partial charge is 0.463 e. The number of ether oxygens (including phenoxy) is 1. The fraction of sp³-hybridized carbons (Fsp3) is 0.304. The molecule has 1 unspecified atom stereocenters. The molecule has 7 heteroatoms. The van der Waals surface area contributed by atoms with E-state index in [9.17, 15) is 14.0 Å². The van der Waals surface area contributed by atoms with Gasteiger partial charge in [0.05, 0.1) is 30.5 Å². The summed E-state index contributed by atoms with van der Waals surface area (Å²) in [5.41, 5.74) is 3.54. The molecule has 4 rings (SSSR count). The number of rotatable bonds is 5. The van der Waals surface area contributed by atoms with Crippen molar-refractivity contribution in [3.8, 4) is 0 Å². The van der Waals surface area contributed by atoms with Crippen LogP contribution >= 0.6 is 0 Å². The van der Waals surface area contributed by atoms with Crippen LogP contribution in [0.2, 0.25) is 0 Å². The van der Waals surface area contributed by atoms with E-state index in [1.54, 1.807) is 19.1 Å². The van der Waals surface area contributed by atoms with Gasteiger partial charge in [-0.1, -0.05) is 30.3 Å². The Kier molecular flexibility index (Phi) is 5.70. The maximum Gasteiger partial charge on any atom is 0.338 e. The SMILES string of the molecule is CCOC(=O)C1=C(CN2CCCc3cc(F)ccc32)NC(=O)NC1c1ccccc1. The van der Waals surface area contributed by atoms with Crippen LogP contribution in [0.25, 0.3) is 0 Å². The van der Waals surface area contributed by atoms with Crippen LogP contribution < -0.4 is 15.5 Å². The average molecular weight is 409 g/mol. The fourth-order valence-electron chi connectivity index (χ4n) is 4.09. The van der Waals surface area contributed by atoms with Gasteiger partial charge in [0.1, 0.15) is 5.82 Å². The van der Waals surface area contributed by atoms with E-state index in [-0.39, 0.29) is 18.5 Å². The number of nitrogens with zero attached hydrogens (tertiary/aromatic N) is 1. The molecule has 2 N–H and O–H groups in total. The molecule has 6 nitrogen and oxygen atoms in total. The molecule has 1 atom stereocenters. The van der Waals surface area contributed by atoms with Gasteiger partial charge >= 0.3 is 12.0 Å². The number of carbonyl (C=O) groups excluding carboxylic acids is 2. The maximum absolute atomic E-state index is 13.7. The van der Waals surface area contributed by atoms with Crippen molar-refractivity contribution in [3.63, 3.8) is 0 Å². The Morgan fingerprint density at radius 3 is 2.80 bits per heavy atom. The zero-order chi connectivity index (χ0) is 21.1. The van der Waals surface area contributed by atoms with Crippen molar-refractivity contribution in [2.75, 3.05) is 24.6 Å². The number of fused-ring (bicyclic) bond motifs is 1. The Morgan fingerprint density at radius 2 is 2.03 bits per heavy atom. The average Bonchev–Trinajstić information content (AvgIpc) is 2.74. The van der Waals surface area contributed by atoms with Gasteiger partial charge in [-0.2, -0.15) is 0 Å².